The summed E-state index contributed by atoms with van der Waals surface area (Å²) in [6.45, 7) is 1.96. The van der Waals surface area contributed by atoms with Crippen molar-refractivity contribution in [3.05, 3.63) is 107 Å². The average Bonchev–Trinajstić information content (AvgIpc) is 2.83. The predicted octanol–water partition coefficient (Wildman–Crippen LogP) is 3.72. The summed E-state index contributed by atoms with van der Waals surface area (Å²) in [6.07, 6.45) is -0.0896. The highest BCUT2D eigenvalue weighted by Crippen LogP contribution is 2.18. The van der Waals surface area contributed by atoms with Gasteiger partial charge in [0.1, 0.15) is 0 Å². The second-order valence-electron chi connectivity index (χ2n) is 7.37. The molecular weight excluding hydrogens is 404 g/mol. The fraction of sp³-hybridized carbons (Fsp3) is 0.192. The summed E-state index contributed by atoms with van der Waals surface area (Å²) >= 11 is 0. The van der Waals surface area contributed by atoms with Gasteiger partial charge >= 0.3 is 5.97 Å². The molecule has 0 aliphatic carbocycles. The van der Waals surface area contributed by atoms with Gasteiger partial charge in [-0.3, -0.25) is 14.4 Å². The number of carbonyl (C=O) groups excluding carboxylic acids is 3. The molecule has 0 bridgehead atoms. The van der Waals surface area contributed by atoms with Crippen LogP contribution in [0.3, 0.4) is 0 Å². The Bertz CT molecular complexity index is 1050. The number of esters is 1. The van der Waals surface area contributed by atoms with Crippen molar-refractivity contribution in [3.8, 4) is 0 Å². The van der Waals surface area contributed by atoms with E-state index in [0.29, 0.717) is 12.1 Å². The molecule has 0 spiro atoms. The molecule has 164 valence electrons. The Morgan fingerprint density at radius 1 is 0.844 bits per heavy atom. The van der Waals surface area contributed by atoms with Crippen LogP contribution in [0, 0.1) is 6.92 Å². The Morgan fingerprint density at radius 2 is 1.47 bits per heavy atom. The van der Waals surface area contributed by atoms with E-state index < -0.39 is 12.0 Å². The first-order chi connectivity index (χ1) is 15.5. The van der Waals surface area contributed by atoms with Gasteiger partial charge in [-0.25, -0.2) is 0 Å². The van der Waals surface area contributed by atoms with Crippen LogP contribution in [0.5, 0.6) is 0 Å². The molecule has 0 heterocycles. The zero-order chi connectivity index (χ0) is 22.8. The Kier molecular flexibility index (Phi) is 8.15. The molecule has 0 radical (unpaired) electrons. The van der Waals surface area contributed by atoms with E-state index in [1.165, 1.54) is 0 Å². The minimum atomic E-state index is -0.577. The van der Waals surface area contributed by atoms with Crippen LogP contribution >= 0.6 is 0 Å². The standard InChI is InChI=1S/C26H26N2O4/c1-19-10-8-9-15-22(19)17-27-24(29)18-32-25(30)16-23(20-11-4-2-5-12-20)28-26(31)21-13-6-3-7-14-21/h2-15,23H,16-18H2,1H3,(H,27,29)(H,28,31). The van der Waals surface area contributed by atoms with Gasteiger partial charge < -0.3 is 15.4 Å². The minimum Gasteiger partial charge on any atom is -0.456 e. The van der Waals surface area contributed by atoms with E-state index in [4.69, 9.17) is 4.74 Å². The number of rotatable bonds is 9. The normalized spacial score (nSPS) is 11.3. The number of amides is 2. The third-order valence-electron chi connectivity index (χ3n) is 5.02. The number of ether oxygens (including phenoxy) is 1. The molecule has 0 aliphatic rings. The summed E-state index contributed by atoms with van der Waals surface area (Å²) < 4.78 is 5.16. The van der Waals surface area contributed by atoms with Crippen LogP contribution in [0.1, 0.15) is 39.5 Å². The predicted molar refractivity (Wildman–Crippen MR) is 122 cm³/mol. The smallest absolute Gasteiger partial charge is 0.308 e. The first kappa shape index (κ1) is 22.7. The summed E-state index contributed by atoms with van der Waals surface area (Å²) in [7, 11) is 0. The molecule has 0 aromatic heterocycles. The van der Waals surface area contributed by atoms with Crippen molar-refractivity contribution < 1.29 is 19.1 Å². The maximum Gasteiger partial charge on any atom is 0.308 e. The van der Waals surface area contributed by atoms with Gasteiger partial charge in [0.25, 0.3) is 11.8 Å². The summed E-state index contributed by atoms with van der Waals surface area (Å²) in [5, 5.41) is 5.63. The molecule has 1 unspecified atom stereocenters. The Hall–Kier alpha value is -3.93. The van der Waals surface area contributed by atoms with Gasteiger partial charge in [-0.15, -0.1) is 0 Å². The first-order valence-electron chi connectivity index (χ1n) is 10.4. The van der Waals surface area contributed by atoms with E-state index >= 15 is 0 Å². The van der Waals surface area contributed by atoms with Gasteiger partial charge in [0, 0.05) is 12.1 Å². The molecule has 2 amide bonds. The third kappa shape index (κ3) is 6.80. The van der Waals surface area contributed by atoms with Crippen LogP contribution in [0.2, 0.25) is 0 Å². The second kappa shape index (κ2) is 11.5. The zero-order valence-corrected chi connectivity index (χ0v) is 17.9. The van der Waals surface area contributed by atoms with Crippen molar-refractivity contribution in [2.24, 2.45) is 0 Å². The van der Waals surface area contributed by atoms with Crippen LogP contribution in [0.4, 0.5) is 0 Å². The van der Waals surface area contributed by atoms with E-state index in [2.05, 4.69) is 10.6 Å². The zero-order valence-electron chi connectivity index (χ0n) is 17.9. The van der Waals surface area contributed by atoms with Crippen molar-refractivity contribution in [2.75, 3.05) is 6.61 Å². The Labute approximate surface area is 187 Å². The maximum absolute atomic E-state index is 12.6. The lowest BCUT2D eigenvalue weighted by Gasteiger charge is -2.19. The lowest BCUT2D eigenvalue weighted by Crippen LogP contribution is -2.32. The molecular formula is C26H26N2O4. The van der Waals surface area contributed by atoms with Gasteiger partial charge in [-0.2, -0.15) is 0 Å². The number of hydrogen-bond acceptors (Lipinski definition) is 4. The molecule has 0 saturated carbocycles. The molecule has 3 aromatic carbocycles. The first-order valence-corrected chi connectivity index (χ1v) is 10.4. The monoisotopic (exact) mass is 430 g/mol. The molecule has 0 saturated heterocycles. The molecule has 0 fully saturated rings. The van der Waals surface area contributed by atoms with Crippen molar-refractivity contribution >= 4 is 17.8 Å². The van der Waals surface area contributed by atoms with E-state index in [9.17, 15) is 14.4 Å². The quantitative estimate of drug-likeness (QED) is 0.507. The van der Waals surface area contributed by atoms with Gasteiger partial charge in [0.2, 0.25) is 0 Å². The molecule has 0 aliphatic heterocycles. The maximum atomic E-state index is 12.6. The van der Waals surface area contributed by atoms with Gasteiger partial charge in [0.15, 0.2) is 6.61 Å². The Morgan fingerprint density at radius 3 is 2.16 bits per heavy atom. The summed E-state index contributed by atoms with van der Waals surface area (Å²) in [5.41, 5.74) is 3.35. The van der Waals surface area contributed by atoms with E-state index in [1.807, 2.05) is 67.6 Å². The van der Waals surface area contributed by atoms with E-state index in [0.717, 1.165) is 16.7 Å². The van der Waals surface area contributed by atoms with Crippen LogP contribution in [0.25, 0.3) is 0 Å². The van der Waals surface area contributed by atoms with Crippen LogP contribution < -0.4 is 10.6 Å². The molecule has 1 atom stereocenters. The number of carbonyl (C=O) groups is 3. The topological polar surface area (TPSA) is 84.5 Å². The minimum absolute atomic E-state index is 0.0896. The SMILES string of the molecule is Cc1ccccc1CNC(=O)COC(=O)CC(NC(=O)c1ccccc1)c1ccccc1. The molecule has 3 aromatic rings. The second-order valence-corrected chi connectivity index (χ2v) is 7.37. The van der Waals surface area contributed by atoms with Crippen LogP contribution in [-0.2, 0) is 20.9 Å². The van der Waals surface area contributed by atoms with E-state index in [1.54, 1.807) is 24.3 Å². The molecule has 6 heteroatoms. The summed E-state index contributed by atoms with van der Waals surface area (Å²) in [6, 6.07) is 25.1. The third-order valence-corrected chi connectivity index (χ3v) is 5.02. The van der Waals surface area contributed by atoms with Gasteiger partial charge in [-0.05, 0) is 35.7 Å². The molecule has 32 heavy (non-hydrogen) atoms. The summed E-state index contributed by atoms with van der Waals surface area (Å²) in [4.78, 5) is 37.1. The highest BCUT2D eigenvalue weighted by atomic mass is 16.5. The highest BCUT2D eigenvalue weighted by molar-refractivity contribution is 5.94. The van der Waals surface area contributed by atoms with Gasteiger partial charge in [0.05, 0.1) is 12.5 Å². The van der Waals surface area contributed by atoms with Crippen LogP contribution in [-0.4, -0.2) is 24.4 Å². The fourth-order valence-corrected chi connectivity index (χ4v) is 3.19. The lowest BCUT2D eigenvalue weighted by atomic mass is 10.0. The van der Waals surface area contributed by atoms with Crippen molar-refractivity contribution in [3.63, 3.8) is 0 Å². The van der Waals surface area contributed by atoms with Crippen molar-refractivity contribution in [1.29, 1.82) is 0 Å². The molecule has 2 N–H and O–H groups in total. The average molecular weight is 431 g/mol. The van der Waals surface area contributed by atoms with E-state index in [-0.39, 0.29) is 24.8 Å². The fourth-order valence-electron chi connectivity index (χ4n) is 3.19. The van der Waals surface area contributed by atoms with Crippen molar-refractivity contribution in [2.45, 2.75) is 25.9 Å². The number of benzene rings is 3. The van der Waals surface area contributed by atoms with Crippen LogP contribution in [0.15, 0.2) is 84.9 Å². The Balaban J connectivity index is 1.54. The lowest BCUT2D eigenvalue weighted by molar-refractivity contribution is -0.149. The molecule has 6 nitrogen and oxygen atoms in total. The molecule has 3 rings (SSSR count). The number of aryl methyl sites for hydroxylation is 1. The number of hydrogen-bond donors (Lipinski definition) is 2. The number of nitrogens with one attached hydrogen (secondary N) is 2. The van der Waals surface area contributed by atoms with Gasteiger partial charge in [-0.1, -0.05) is 72.8 Å². The highest BCUT2D eigenvalue weighted by Gasteiger charge is 2.20. The summed E-state index contributed by atoms with van der Waals surface area (Å²) in [5.74, 6) is -1.24. The largest absolute Gasteiger partial charge is 0.456 e. The van der Waals surface area contributed by atoms with Crippen molar-refractivity contribution in [1.82, 2.24) is 10.6 Å².